The zero-order valence-electron chi connectivity index (χ0n) is 14.2. The predicted octanol–water partition coefficient (Wildman–Crippen LogP) is 2.62. The molecular formula is C20H15N5O. The fourth-order valence-electron chi connectivity index (χ4n) is 2.98. The Morgan fingerprint density at radius 2 is 2.08 bits per heavy atom. The Hall–Kier alpha value is -3.64. The second kappa shape index (κ2) is 6.02. The Morgan fingerprint density at radius 3 is 2.77 bits per heavy atom. The summed E-state index contributed by atoms with van der Waals surface area (Å²) in [7, 11) is 0. The third-order valence-corrected chi connectivity index (χ3v) is 4.31. The van der Waals surface area contributed by atoms with Gasteiger partial charge in [0.25, 0.3) is 5.56 Å². The molecule has 6 heteroatoms. The van der Waals surface area contributed by atoms with Crippen molar-refractivity contribution >= 4 is 16.9 Å². The van der Waals surface area contributed by atoms with Gasteiger partial charge in [-0.05, 0) is 43.9 Å². The van der Waals surface area contributed by atoms with Gasteiger partial charge in [-0.2, -0.15) is 5.26 Å². The van der Waals surface area contributed by atoms with E-state index in [1.54, 1.807) is 41.8 Å². The van der Waals surface area contributed by atoms with Crippen LogP contribution in [0.5, 0.6) is 0 Å². The number of nitrogens with zero attached hydrogens (tertiary/aromatic N) is 4. The highest BCUT2D eigenvalue weighted by molar-refractivity contribution is 5.86. The number of nitrogens with two attached hydrogens (primary N) is 1. The van der Waals surface area contributed by atoms with E-state index in [9.17, 15) is 4.79 Å². The Labute approximate surface area is 149 Å². The van der Waals surface area contributed by atoms with E-state index in [1.807, 2.05) is 0 Å². The Bertz CT molecular complexity index is 1200. The van der Waals surface area contributed by atoms with Crippen LogP contribution in [0.2, 0.25) is 0 Å². The van der Waals surface area contributed by atoms with Crippen molar-refractivity contribution in [1.29, 1.82) is 5.26 Å². The van der Waals surface area contributed by atoms with E-state index in [-0.39, 0.29) is 17.3 Å². The van der Waals surface area contributed by atoms with Gasteiger partial charge >= 0.3 is 0 Å². The fourth-order valence-corrected chi connectivity index (χ4v) is 2.98. The third kappa shape index (κ3) is 2.58. The molecule has 6 nitrogen and oxygen atoms in total. The summed E-state index contributed by atoms with van der Waals surface area (Å²) in [6.45, 7) is 1.72. The smallest absolute Gasteiger partial charge is 0.279 e. The summed E-state index contributed by atoms with van der Waals surface area (Å²) >= 11 is 0. The minimum atomic E-state index is -0.219. The molecule has 126 valence electrons. The highest BCUT2D eigenvalue weighted by Gasteiger charge is 2.29. The molecule has 0 unspecified atom stereocenters. The molecule has 2 aromatic heterocycles. The summed E-state index contributed by atoms with van der Waals surface area (Å²) in [6, 6.07) is 10.7. The summed E-state index contributed by atoms with van der Waals surface area (Å²) in [4.78, 5) is 22.2. The van der Waals surface area contributed by atoms with Crippen LogP contribution in [0.15, 0.2) is 35.1 Å². The molecule has 1 aliphatic carbocycles. The maximum absolute atomic E-state index is 13.1. The van der Waals surface area contributed by atoms with E-state index in [0.717, 1.165) is 12.8 Å². The lowest BCUT2D eigenvalue weighted by Gasteiger charge is -2.12. The van der Waals surface area contributed by atoms with Crippen molar-refractivity contribution in [2.75, 3.05) is 5.73 Å². The second-order valence-electron chi connectivity index (χ2n) is 6.20. The van der Waals surface area contributed by atoms with Crippen molar-refractivity contribution < 1.29 is 0 Å². The van der Waals surface area contributed by atoms with Crippen molar-refractivity contribution in [1.82, 2.24) is 14.5 Å². The quantitative estimate of drug-likeness (QED) is 0.723. The molecule has 1 fully saturated rings. The van der Waals surface area contributed by atoms with Gasteiger partial charge < -0.3 is 5.73 Å². The Balaban J connectivity index is 2.07. The molecule has 1 saturated carbocycles. The number of benzene rings is 1. The highest BCUT2D eigenvalue weighted by atomic mass is 16.1. The van der Waals surface area contributed by atoms with Crippen molar-refractivity contribution in [2.45, 2.75) is 25.8 Å². The normalized spacial score (nSPS) is 13.1. The van der Waals surface area contributed by atoms with Gasteiger partial charge in [-0.25, -0.2) is 9.97 Å². The largest absolute Gasteiger partial charge is 0.397 e. The standard InChI is InChI=1S/C20H15N5O/c1-2-4-14-10-16(22)18-19(23-14)25(15-7-8-15)20(26)17(24-18)13-6-3-5-12(9-13)11-21/h3,5-6,9-10,15H,7-8H2,1H3,(H2,22,23). The number of nitriles is 1. The van der Waals surface area contributed by atoms with Crippen LogP contribution in [0.25, 0.3) is 22.4 Å². The van der Waals surface area contributed by atoms with Crippen molar-refractivity contribution in [2.24, 2.45) is 0 Å². The van der Waals surface area contributed by atoms with Gasteiger partial charge in [0, 0.05) is 11.6 Å². The van der Waals surface area contributed by atoms with Crippen LogP contribution in [0.4, 0.5) is 5.69 Å². The van der Waals surface area contributed by atoms with Gasteiger partial charge in [0.2, 0.25) is 0 Å². The number of fused-ring (bicyclic) bond motifs is 1. The molecule has 0 aliphatic heterocycles. The summed E-state index contributed by atoms with van der Waals surface area (Å²) in [5.74, 6) is 5.69. The first-order chi connectivity index (χ1) is 12.6. The van der Waals surface area contributed by atoms with Gasteiger partial charge in [0.1, 0.15) is 16.9 Å². The number of hydrogen-bond donors (Lipinski definition) is 1. The zero-order chi connectivity index (χ0) is 18.3. The van der Waals surface area contributed by atoms with Gasteiger partial charge in [0.15, 0.2) is 5.65 Å². The average Bonchev–Trinajstić information content (AvgIpc) is 3.46. The van der Waals surface area contributed by atoms with Gasteiger partial charge in [-0.1, -0.05) is 18.1 Å². The molecule has 4 rings (SSSR count). The monoisotopic (exact) mass is 341 g/mol. The van der Waals surface area contributed by atoms with Crippen LogP contribution in [0, 0.1) is 23.2 Å². The van der Waals surface area contributed by atoms with Gasteiger partial charge in [-0.15, -0.1) is 0 Å². The SMILES string of the molecule is CC#Cc1cc(N)c2nc(-c3cccc(C#N)c3)c(=O)n(C3CC3)c2n1. The maximum Gasteiger partial charge on any atom is 0.279 e. The molecule has 26 heavy (non-hydrogen) atoms. The predicted molar refractivity (Wildman–Crippen MR) is 99.2 cm³/mol. The van der Waals surface area contributed by atoms with E-state index in [2.05, 4.69) is 27.9 Å². The molecular weight excluding hydrogens is 326 g/mol. The van der Waals surface area contributed by atoms with Crippen molar-refractivity contribution in [3.05, 3.63) is 51.9 Å². The van der Waals surface area contributed by atoms with E-state index >= 15 is 0 Å². The Morgan fingerprint density at radius 1 is 1.27 bits per heavy atom. The highest BCUT2D eigenvalue weighted by Crippen LogP contribution is 2.36. The molecule has 0 spiro atoms. The third-order valence-electron chi connectivity index (χ3n) is 4.31. The number of aromatic nitrogens is 3. The molecule has 0 bridgehead atoms. The zero-order valence-corrected chi connectivity index (χ0v) is 14.2. The lowest BCUT2D eigenvalue weighted by atomic mass is 10.1. The number of hydrogen-bond acceptors (Lipinski definition) is 5. The topological polar surface area (TPSA) is 97.6 Å². The van der Waals surface area contributed by atoms with Crippen LogP contribution >= 0.6 is 0 Å². The molecule has 3 aromatic rings. The van der Waals surface area contributed by atoms with Gasteiger partial charge in [-0.3, -0.25) is 9.36 Å². The van der Waals surface area contributed by atoms with Crippen LogP contribution in [0.1, 0.15) is 37.1 Å². The molecule has 0 atom stereocenters. The lowest BCUT2D eigenvalue weighted by molar-refractivity contribution is 0.726. The molecule has 0 radical (unpaired) electrons. The Kier molecular flexibility index (Phi) is 3.67. The van der Waals surface area contributed by atoms with E-state index in [1.165, 1.54) is 0 Å². The summed E-state index contributed by atoms with van der Waals surface area (Å²) in [5.41, 5.74) is 9.23. The average molecular weight is 341 g/mol. The summed E-state index contributed by atoms with van der Waals surface area (Å²) in [5, 5.41) is 9.13. The van der Waals surface area contributed by atoms with Crippen LogP contribution in [0.3, 0.4) is 0 Å². The molecule has 2 heterocycles. The maximum atomic E-state index is 13.1. The fraction of sp³-hybridized carbons (Fsp3) is 0.200. The van der Waals surface area contributed by atoms with Crippen molar-refractivity contribution in [3.8, 4) is 29.2 Å². The number of pyridine rings is 1. The van der Waals surface area contributed by atoms with Crippen LogP contribution in [-0.4, -0.2) is 14.5 Å². The van der Waals surface area contributed by atoms with Gasteiger partial charge in [0.05, 0.1) is 17.3 Å². The van der Waals surface area contributed by atoms with E-state index in [0.29, 0.717) is 33.7 Å². The molecule has 0 saturated heterocycles. The molecule has 1 aliphatic rings. The van der Waals surface area contributed by atoms with Crippen molar-refractivity contribution in [3.63, 3.8) is 0 Å². The van der Waals surface area contributed by atoms with E-state index in [4.69, 9.17) is 11.0 Å². The second-order valence-corrected chi connectivity index (χ2v) is 6.20. The minimum Gasteiger partial charge on any atom is -0.397 e. The lowest BCUT2D eigenvalue weighted by Crippen LogP contribution is -2.24. The summed E-state index contributed by atoms with van der Waals surface area (Å²) < 4.78 is 1.67. The first-order valence-electron chi connectivity index (χ1n) is 8.28. The number of rotatable bonds is 2. The van der Waals surface area contributed by atoms with Crippen LogP contribution < -0.4 is 11.3 Å². The van der Waals surface area contributed by atoms with E-state index < -0.39 is 0 Å². The first-order valence-corrected chi connectivity index (χ1v) is 8.28. The molecule has 1 aromatic carbocycles. The molecule has 2 N–H and O–H groups in total. The van der Waals surface area contributed by atoms with Crippen LogP contribution in [-0.2, 0) is 0 Å². The first kappa shape index (κ1) is 15.9. The number of anilines is 1. The summed E-state index contributed by atoms with van der Waals surface area (Å²) in [6.07, 6.45) is 1.84. The number of nitrogen functional groups attached to an aromatic ring is 1. The molecule has 0 amide bonds. The minimum absolute atomic E-state index is 0.0997.